The maximum Gasteiger partial charge on any atom is 0.191 e. The average molecular weight is 383 g/mol. The van der Waals surface area contributed by atoms with Gasteiger partial charge in [-0.25, -0.2) is 0 Å². The first kappa shape index (κ1) is 18.3. The Labute approximate surface area is 164 Å². The number of rotatable bonds is 8. The number of likely N-dealkylation sites (tertiary alicyclic amines) is 1. The third-order valence-corrected chi connectivity index (χ3v) is 6.00. The second-order valence-electron chi connectivity index (χ2n) is 6.81. The van der Waals surface area contributed by atoms with Gasteiger partial charge in [-0.15, -0.1) is 10.2 Å². The molecule has 0 aliphatic carbocycles. The van der Waals surface area contributed by atoms with Crippen LogP contribution in [0.25, 0.3) is 10.8 Å². The van der Waals surface area contributed by atoms with E-state index < -0.39 is 0 Å². The van der Waals surface area contributed by atoms with E-state index in [9.17, 15) is 0 Å². The monoisotopic (exact) mass is 382 g/mol. The zero-order valence-electron chi connectivity index (χ0n) is 15.8. The zero-order valence-corrected chi connectivity index (χ0v) is 16.6. The minimum Gasteiger partial charge on any atom is -0.485 e. The Bertz CT molecular complexity index is 884. The van der Waals surface area contributed by atoms with E-state index in [4.69, 9.17) is 4.74 Å². The SMILES string of the molecule is CCn1c(COc2cccc3ccccc23)nnc1SCCN1CCCC1. The van der Waals surface area contributed by atoms with Crippen molar-refractivity contribution in [1.82, 2.24) is 19.7 Å². The van der Waals surface area contributed by atoms with E-state index in [1.807, 2.05) is 24.3 Å². The van der Waals surface area contributed by atoms with Crippen molar-refractivity contribution in [3.63, 3.8) is 0 Å². The van der Waals surface area contributed by atoms with Gasteiger partial charge in [0.15, 0.2) is 11.0 Å². The molecule has 1 aliphatic heterocycles. The number of nitrogens with zero attached hydrogens (tertiary/aromatic N) is 4. The number of benzene rings is 2. The highest BCUT2D eigenvalue weighted by molar-refractivity contribution is 7.99. The van der Waals surface area contributed by atoms with Crippen molar-refractivity contribution in [3.8, 4) is 5.75 Å². The summed E-state index contributed by atoms with van der Waals surface area (Å²) in [5.41, 5.74) is 0. The number of thioether (sulfide) groups is 1. The van der Waals surface area contributed by atoms with Crippen LogP contribution in [0.15, 0.2) is 47.6 Å². The molecule has 2 heterocycles. The molecule has 4 rings (SSSR count). The molecule has 0 bridgehead atoms. The van der Waals surface area contributed by atoms with Gasteiger partial charge in [-0.2, -0.15) is 0 Å². The van der Waals surface area contributed by atoms with E-state index >= 15 is 0 Å². The Morgan fingerprint density at radius 2 is 1.85 bits per heavy atom. The molecule has 6 heteroatoms. The molecule has 1 saturated heterocycles. The van der Waals surface area contributed by atoms with Crippen LogP contribution >= 0.6 is 11.8 Å². The van der Waals surface area contributed by atoms with E-state index in [1.165, 1.54) is 31.3 Å². The first-order chi connectivity index (χ1) is 13.3. The van der Waals surface area contributed by atoms with Gasteiger partial charge in [0.1, 0.15) is 12.4 Å². The molecule has 1 aliphatic rings. The summed E-state index contributed by atoms with van der Waals surface area (Å²) in [4.78, 5) is 2.53. The number of hydrogen-bond donors (Lipinski definition) is 0. The van der Waals surface area contributed by atoms with Gasteiger partial charge in [0, 0.05) is 24.2 Å². The summed E-state index contributed by atoms with van der Waals surface area (Å²) in [6.07, 6.45) is 2.68. The first-order valence-corrected chi connectivity index (χ1v) is 10.7. The third-order valence-electron chi connectivity index (χ3n) is 5.05. The second-order valence-corrected chi connectivity index (χ2v) is 7.87. The average Bonchev–Trinajstić information content (AvgIpc) is 3.36. The fraction of sp³-hybridized carbons (Fsp3) is 0.429. The molecule has 0 N–H and O–H groups in total. The quantitative estimate of drug-likeness (QED) is 0.546. The van der Waals surface area contributed by atoms with Gasteiger partial charge < -0.3 is 14.2 Å². The summed E-state index contributed by atoms with van der Waals surface area (Å²) in [6, 6.07) is 14.4. The van der Waals surface area contributed by atoms with Crippen molar-refractivity contribution in [2.24, 2.45) is 0 Å². The van der Waals surface area contributed by atoms with Crippen molar-refractivity contribution >= 4 is 22.5 Å². The van der Waals surface area contributed by atoms with E-state index in [2.05, 4.69) is 44.8 Å². The van der Waals surface area contributed by atoms with Crippen LogP contribution in [0.2, 0.25) is 0 Å². The number of hydrogen-bond acceptors (Lipinski definition) is 5. The van der Waals surface area contributed by atoms with E-state index in [-0.39, 0.29) is 0 Å². The molecule has 0 radical (unpaired) electrons. The molecule has 1 fully saturated rings. The van der Waals surface area contributed by atoms with Gasteiger partial charge in [-0.3, -0.25) is 0 Å². The van der Waals surface area contributed by atoms with Crippen molar-refractivity contribution < 1.29 is 4.74 Å². The number of fused-ring (bicyclic) bond motifs is 1. The summed E-state index contributed by atoms with van der Waals surface area (Å²) in [5, 5.41) is 12.1. The Morgan fingerprint density at radius 1 is 1.04 bits per heavy atom. The Hall–Kier alpha value is -2.05. The lowest BCUT2D eigenvalue weighted by atomic mass is 10.1. The molecule has 0 atom stereocenters. The first-order valence-electron chi connectivity index (χ1n) is 9.73. The Morgan fingerprint density at radius 3 is 2.70 bits per heavy atom. The lowest BCUT2D eigenvalue weighted by molar-refractivity contribution is 0.291. The van der Waals surface area contributed by atoms with Gasteiger partial charge in [0.25, 0.3) is 0 Å². The van der Waals surface area contributed by atoms with Crippen molar-refractivity contribution in [1.29, 1.82) is 0 Å². The molecule has 3 aromatic rings. The minimum absolute atomic E-state index is 0.432. The lowest BCUT2D eigenvalue weighted by Crippen LogP contribution is -2.22. The standard InChI is InChI=1S/C21H26N4OS/c1-2-25-20(22-23-21(25)27-15-14-24-12-5-6-13-24)16-26-19-11-7-9-17-8-3-4-10-18(17)19/h3-4,7-11H,2,5-6,12-16H2,1H3. The molecule has 0 unspecified atom stereocenters. The van der Waals surface area contributed by atoms with Crippen LogP contribution in [-0.4, -0.2) is 45.1 Å². The fourth-order valence-electron chi connectivity index (χ4n) is 3.59. The predicted molar refractivity (Wildman–Crippen MR) is 110 cm³/mol. The van der Waals surface area contributed by atoms with Gasteiger partial charge in [-0.05, 0) is 44.3 Å². The van der Waals surface area contributed by atoms with Crippen LogP contribution in [0.4, 0.5) is 0 Å². The minimum atomic E-state index is 0.432. The highest BCUT2D eigenvalue weighted by Gasteiger charge is 2.15. The van der Waals surface area contributed by atoms with Crippen LogP contribution in [0.3, 0.4) is 0 Å². The Kier molecular flexibility index (Phi) is 5.94. The smallest absolute Gasteiger partial charge is 0.191 e. The van der Waals surface area contributed by atoms with Gasteiger partial charge >= 0.3 is 0 Å². The molecule has 0 spiro atoms. The Balaban J connectivity index is 1.40. The lowest BCUT2D eigenvalue weighted by Gasteiger charge is -2.14. The molecular weight excluding hydrogens is 356 g/mol. The highest BCUT2D eigenvalue weighted by Crippen LogP contribution is 2.26. The van der Waals surface area contributed by atoms with Crippen LogP contribution in [-0.2, 0) is 13.2 Å². The van der Waals surface area contributed by atoms with Crippen LogP contribution in [0.5, 0.6) is 5.75 Å². The number of ether oxygens (including phenoxy) is 1. The van der Waals surface area contributed by atoms with Gasteiger partial charge in [0.2, 0.25) is 0 Å². The summed E-state index contributed by atoms with van der Waals surface area (Å²) < 4.78 is 8.27. The molecule has 0 amide bonds. The van der Waals surface area contributed by atoms with Crippen LogP contribution < -0.4 is 4.74 Å². The molecule has 5 nitrogen and oxygen atoms in total. The third kappa shape index (κ3) is 4.28. The molecule has 2 aromatic carbocycles. The fourth-order valence-corrected chi connectivity index (χ4v) is 4.61. The van der Waals surface area contributed by atoms with Gasteiger partial charge in [-0.1, -0.05) is 48.2 Å². The molecule has 0 saturated carbocycles. The maximum absolute atomic E-state index is 6.11. The second kappa shape index (κ2) is 8.76. The highest BCUT2D eigenvalue weighted by atomic mass is 32.2. The zero-order chi connectivity index (χ0) is 18.5. The predicted octanol–water partition coefficient (Wildman–Crippen LogP) is 4.22. The van der Waals surface area contributed by atoms with Gasteiger partial charge in [0.05, 0.1) is 0 Å². The van der Waals surface area contributed by atoms with Crippen molar-refractivity contribution in [2.45, 2.75) is 38.1 Å². The molecule has 1 aromatic heterocycles. The molecular formula is C21H26N4OS. The molecule has 27 heavy (non-hydrogen) atoms. The number of aromatic nitrogens is 3. The van der Waals surface area contributed by atoms with Crippen LogP contribution in [0.1, 0.15) is 25.6 Å². The summed E-state index contributed by atoms with van der Waals surface area (Å²) in [7, 11) is 0. The van der Waals surface area contributed by atoms with E-state index in [0.29, 0.717) is 6.61 Å². The summed E-state index contributed by atoms with van der Waals surface area (Å²) >= 11 is 1.80. The molecule has 142 valence electrons. The normalized spacial score (nSPS) is 14.9. The summed E-state index contributed by atoms with van der Waals surface area (Å²) in [6.45, 7) is 7.03. The van der Waals surface area contributed by atoms with Crippen molar-refractivity contribution in [3.05, 3.63) is 48.3 Å². The van der Waals surface area contributed by atoms with E-state index in [1.54, 1.807) is 11.8 Å². The topological polar surface area (TPSA) is 43.2 Å². The van der Waals surface area contributed by atoms with Crippen molar-refractivity contribution in [2.75, 3.05) is 25.4 Å². The maximum atomic E-state index is 6.11. The summed E-state index contributed by atoms with van der Waals surface area (Å²) in [5.74, 6) is 2.83. The van der Waals surface area contributed by atoms with Crippen LogP contribution in [0, 0.1) is 0 Å². The van der Waals surface area contributed by atoms with E-state index in [0.717, 1.165) is 41.0 Å². The largest absolute Gasteiger partial charge is 0.485 e.